The Morgan fingerprint density at radius 3 is 2.86 bits per heavy atom. The maximum Gasteiger partial charge on any atom is 0.410 e. The second-order valence-electron chi connectivity index (χ2n) is 5.27. The van der Waals surface area contributed by atoms with Crippen molar-refractivity contribution in [3.05, 3.63) is 45.8 Å². The first kappa shape index (κ1) is 15.9. The molecule has 1 aliphatic heterocycles. The van der Waals surface area contributed by atoms with Crippen molar-refractivity contribution in [3.8, 4) is 0 Å². The van der Waals surface area contributed by atoms with Gasteiger partial charge in [0.25, 0.3) is 5.69 Å². The fourth-order valence-corrected chi connectivity index (χ4v) is 2.40. The number of carboxylic acid groups (broad SMARTS) is 1. The van der Waals surface area contributed by atoms with Gasteiger partial charge in [0, 0.05) is 6.07 Å². The monoisotopic (exact) mass is 310 g/mol. The van der Waals surface area contributed by atoms with Crippen LogP contribution in [0.15, 0.2) is 24.3 Å². The van der Waals surface area contributed by atoms with Gasteiger partial charge < -0.3 is 9.84 Å². The highest BCUT2D eigenvalue weighted by Gasteiger charge is 2.42. The average Bonchev–Trinajstić information content (AvgIpc) is 2.72. The van der Waals surface area contributed by atoms with E-state index in [1.807, 2.05) is 0 Å². The summed E-state index contributed by atoms with van der Waals surface area (Å²) in [7, 11) is 0. The third-order valence-electron chi connectivity index (χ3n) is 3.44. The molecule has 1 aromatic carbocycles. The molecule has 0 saturated carbocycles. The van der Waals surface area contributed by atoms with Crippen LogP contribution in [0, 0.1) is 15.9 Å². The standard InChI is InChI=1S/C14H15FN2O5/c1-14(2)16(13(18)19)9(8-22-14)6-7-10-11(15)4-3-5-12(10)17(20)21/h3-7,9H,8H2,1-2H3,(H,18,19). The Morgan fingerprint density at radius 2 is 2.27 bits per heavy atom. The van der Waals surface area contributed by atoms with Crippen molar-refractivity contribution >= 4 is 17.9 Å². The maximum atomic E-state index is 13.8. The van der Waals surface area contributed by atoms with Gasteiger partial charge in [-0.3, -0.25) is 15.0 Å². The molecule has 0 aromatic heterocycles. The number of halogens is 1. The fraction of sp³-hybridized carbons (Fsp3) is 0.357. The minimum absolute atomic E-state index is 0.0953. The number of benzene rings is 1. The minimum Gasteiger partial charge on any atom is -0.465 e. The van der Waals surface area contributed by atoms with Gasteiger partial charge in [-0.15, -0.1) is 0 Å². The number of amides is 1. The first-order valence-corrected chi connectivity index (χ1v) is 6.51. The van der Waals surface area contributed by atoms with Crippen molar-refractivity contribution in [2.75, 3.05) is 6.61 Å². The number of ether oxygens (including phenoxy) is 1. The minimum atomic E-state index is -1.18. The molecule has 118 valence electrons. The molecule has 1 N–H and O–H groups in total. The van der Waals surface area contributed by atoms with Crippen molar-refractivity contribution in [1.29, 1.82) is 0 Å². The van der Waals surface area contributed by atoms with Gasteiger partial charge in [0.2, 0.25) is 0 Å². The molecule has 1 amide bonds. The normalized spacial score (nSPS) is 20.5. The van der Waals surface area contributed by atoms with Gasteiger partial charge in [-0.25, -0.2) is 9.18 Å². The van der Waals surface area contributed by atoms with Crippen molar-refractivity contribution in [3.63, 3.8) is 0 Å². The lowest BCUT2D eigenvalue weighted by atomic mass is 10.1. The molecule has 2 rings (SSSR count). The lowest BCUT2D eigenvalue weighted by Gasteiger charge is -2.29. The maximum absolute atomic E-state index is 13.8. The lowest BCUT2D eigenvalue weighted by Crippen LogP contribution is -2.46. The Balaban J connectivity index is 2.33. The Bertz CT molecular complexity index is 644. The lowest BCUT2D eigenvalue weighted by molar-refractivity contribution is -0.385. The van der Waals surface area contributed by atoms with E-state index >= 15 is 0 Å². The topological polar surface area (TPSA) is 92.9 Å². The molecule has 22 heavy (non-hydrogen) atoms. The number of hydrogen-bond donors (Lipinski definition) is 1. The van der Waals surface area contributed by atoms with Crippen LogP contribution in [0.4, 0.5) is 14.9 Å². The molecule has 1 fully saturated rings. The van der Waals surface area contributed by atoms with Crippen molar-refractivity contribution in [2.24, 2.45) is 0 Å². The van der Waals surface area contributed by atoms with E-state index in [0.29, 0.717) is 0 Å². The zero-order valence-electron chi connectivity index (χ0n) is 12.0. The summed E-state index contributed by atoms with van der Waals surface area (Å²) in [6.45, 7) is 3.29. The number of hydrogen-bond acceptors (Lipinski definition) is 4. The van der Waals surface area contributed by atoms with E-state index < -0.39 is 28.6 Å². The van der Waals surface area contributed by atoms with Crippen LogP contribution in [0.5, 0.6) is 0 Å². The molecule has 7 nitrogen and oxygen atoms in total. The summed E-state index contributed by atoms with van der Waals surface area (Å²) in [5.74, 6) is -0.745. The van der Waals surface area contributed by atoms with Gasteiger partial charge in [0.05, 0.1) is 23.1 Å². The fourth-order valence-electron chi connectivity index (χ4n) is 2.40. The largest absolute Gasteiger partial charge is 0.465 e. The Labute approximate surface area is 125 Å². The van der Waals surface area contributed by atoms with Crippen molar-refractivity contribution in [1.82, 2.24) is 4.90 Å². The van der Waals surface area contributed by atoms with E-state index in [0.717, 1.165) is 11.0 Å². The van der Waals surface area contributed by atoms with E-state index in [9.17, 15) is 24.4 Å². The summed E-state index contributed by atoms with van der Waals surface area (Å²) in [6, 6.07) is 2.89. The molecule has 8 heteroatoms. The first-order valence-electron chi connectivity index (χ1n) is 6.51. The van der Waals surface area contributed by atoms with Gasteiger partial charge >= 0.3 is 6.09 Å². The molecule has 1 aromatic rings. The van der Waals surface area contributed by atoms with Crippen LogP contribution in [0.25, 0.3) is 6.08 Å². The SMILES string of the molecule is CC1(C)OCC(C=Cc2c(F)cccc2[N+](=O)[O-])N1C(=O)O. The average molecular weight is 310 g/mol. The Kier molecular flexibility index (Phi) is 4.14. The number of rotatable bonds is 3. The van der Waals surface area contributed by atoms with Crippen LogP contribution in [0.3, 0.4) is 0 Å². The predicted octanol–water partition coefficient (Wildman–Crippen LogP) is 2.86. The van der Waals surface area contributed by atoms with Crippen LogP contribution in [-0.2, 0) is 4.74 Å². The summed E-state index contributed by atoms with van der Waals surface area (Å²) in [6.07, 6.45) is 1.44. The van der Waals surface area contributed by atoms with Gasteiger partial charge in [-0.1, -0.05) is 12.1 Å². The van der Waals surface area contributed by atoms with E-state index in [4.69, 9.17) is 4.74 Å². The van der Waals surface area contributed by atoms with Crippen LogP contribution >= 0.6 is 0 Å². The Morgan fingerprint density at radius 1 is 1.59 bits per heavy atom. The third-order valence-corrected chi connectivity index (χ3v) is 3.44. The van der Waals surface area contributed by atoms with Crippen LogP contribution in [-0.4, -0.2) is 39.4 Å². The molecule has 1 saturated heterocycles. The quantitative estimate of drug-likeness (QED) is 0.684. The van der Waals surface area contributed by atoms with Gasteiger partial charge in [0.1, 0.15) is 11.5 Å². The highest BCUT2D eigenvalue weighted by Crippen LogP contribution is 2.29. The van der Waals surface area contributed by atoms with Crippen LogP contribution in [0.1, 0.15) is 19.4 Å². The molecule has 1 unspecified atom stereocenters. The van der Waals surface area contributed by atoms with E-state index in [1.165, 1.54) is 24.3 Å². The number of carbonyl (C=O) groups is 1. The Hall–Kier alpha value is -2.48. The number of nitrogens with zero attached hydrogens (tertiary/aromatic N) is 2. The van der Waals surface area contributed by atoms with Gasteiger partial charge in [-0.05, 0) is 26.0 Å². The zero-order chi connectivity index (χ0) is 16.5. The van der Waals surface area contributed by atoms with Gasteiger partial charge in [-0.2, -0.15) is 0 Å². The molecule has 0 aliphatic carbocycles. The van der Waals surface area contributed by atoms with E-state index in [1.54, 1.807) is 13.8 Å². The highest BCUT2D eigenvalue weighted by molar-refractivity contribution is 5.68. The second kappa shape index (κ2) is 5.72. The van der Waals surface area contributed by atoms with Crippen LogP contribution in [0.2, 0.25) is 0 Å². The zero-order valence-corrected chi connectivity index (χ0v) is 12.0. The summed E-state index contributed by atoms with van der Waals surface area (Å²) in [5.41, 5.74) is -1.58. The molecular weight excluding hydrogens is 295 g/mol. The summed E-state index contributed by atoms with van der Waals surface area (Å²) in [5, 5.41) is 20.2. The predicted molar refractivity (Wildman–Crippen MR) is 75.8 cm³/mol. The van der Waals surface area contributed by atoms with E-state index in [2.05, 4.69) is 0 Å². The smallest absolute Gasteiger partial charge is 0.410 e. The highest BCUT2D eigenvalue weighted by atomic mass is 19.1. The van der Waals surface area contributed by atoms with E-state index in [-0.39, 0.29) is 17.9 Å². The number of nitro groups is 1. The van der Waals surface area contributed by atoms with Crippen molar-refractivity contribution < 1.29 is 24.0 Å². The molecule has 0 bridgehead atoms. The summed E-state index contributed by atoms with van der Waals surface area (Å²) in [4.78, 5) is 22.6. The molecule has 0 spiro atoms. The second-order valence-corrected chi connectivity index (χ2v) is 5.27. The van der Waals surface area contributed by atoms with Crippen LogP contribution < -0.4 is 0 Å². The summed E-state index contributed by atoms with van der Waals surface area (Å²) < 4.78 is 19.2. The molecule has 1 aliphatic rings. The molecule has 1 atom stereocenters. The third kappa shape index (κ3) is 2.91. The molecular formula is C14H15FN2O5. The molecule has 0 radical (unpaired) electrons. The first-order chi connectivity index (χ1) is 10.2. The van der Waals surface area contributed by atoms with Gasteiger partial charge in [0.15, 0.2) is 0 Å². The van der Waals surface area contributed by atoms with Crippen molar-refractivity contribution in [2.45, 2.75) is 25.6 Å². The summed E-state index contributed by atoms with van der Waals surface area (Å²) >= 11 is 0. The molecule has 1 heterocycles. The number of nitro benzene ring substituents is 1.